The Hall–Kier alpha value is -0.880. The number of alkyl halides is 8. The molecule has 19 heavy (non-hydrogen) atoms. The summed E-state index contributed by atoms with van der Waals surface area (Å²) in [6.07, 6.45) is -14.1. The predicted octanol–water partition coefficient (Wildman–Crippen LogP) is 4.54. The van der Waals surface area contributed by atoms with Crippen molar-refractivity contribution in [1.82, 2.24) is 4.98 Å². The van der Waals surface area contributed by atoms with E-state index in [-0.39, 0.29) is 0 Å². The second-order valence-corrected chi connectivity index (χ2v) is 4.21. The predicted molar refractivity (Wildman–Crippen MR) is 53.6 cm³/mol. The lowest BCUT2D eigenvalue weighted by molar-refractivity contribution is -0.278. The van der Waals surface area contributed by atoms with Crippen LogP contribution in [0.15, 0.2) is 6.20 Å². The third-order valence-corrected chi connectivity index (χ3v) is 2.61. The zero-order valence-corrected chi connectivity index (χ0v) is 10.6. The molecule has 1 heterocycles. The average Bonchev–Trinajstić information content (AvgIpc) is 2.15. The molecule has 0 bridgehead atoms. The van der Waals surface area contributed by atoms with Crippen molar-refractivity contribution in [2.45, 2.75) is 19.0 Å². The molecule has 0 radical (unpaired) electrons. The lowest BCUT2D eigenvalue weighted by atomic mass is 10.1. The van der Waals surface area contributed by atoms with Crippen LogP contribution in [0, 0.1) is 3.57 Å². The van der Waals surface area contributed by atoms with Crippen LogP contribution in [0.25, 0.3) is 0 Å². The normalized spacial score (nSPS) is 12.9. The van der Waals surface area contributed by atoms with Gasteiger partial charge < -0.3 is 4.74 Å². The van der Waals surface area contributed by atoms with Crippen LogP contribution < -0.4 is 4.74 Å². The summed E-state index contributed by atoms with van der Waals surface area (Å²) in [6.45, 7) is 0. The molecule has 0 aliphatic carbocycles. The lowest BCUT2D eigenvalue weighted by Crippen LogP contribution is -2.22. The van der Waals surface area contributed by atoms with Gasteiger partial charge in [-0.25, -0.2) is 13.8 Å². The molecule has 0 amide bonds. The molecule has 2 nitrogen and oxygen atoms in total. The van der Waals surface area contributed by atoms with Crippen molar-refractivity contribution in [3.63, 3.8) is 0 Å². The Kier molecular flexibility index (Phi) is 4.47. The molecule has 0 N–H and O–H groups in total. The molecule has 108 valence electrons. The first-order chi connectivity index (χ1) is 8.43. The van der Waals surface area contributed by atoms with Gasteiger partial charge in [-0.1, -0.05) is 0 Å². The Morgan fingerprint density at radius 3 is 2.00 bits per heavy atom. The molecule has 1 aromatic heterocycles. The van der Waals surface area contributed by atoms with Gasteiger partial charge in [0.1, 0.15) is 5.56 Å². The summed E-state index contributed by atoms with van der Waals surface area (Å²) in [6, 6.07) is 0. The van der Waals surface area contributed by atoms with Gasteiger partial charge in [-0.05, 0) is 22.6 Å². The maximum atomic E-state index is 12.6. The first-order valence-electron chi connectivity index (χ1n) is 4.23. The van der Waals surface area contributed by atoms with E-state index in [9.17, 15) is 35.1 Å². The highest BCUT2D eigenvalue weighted by molar-refractivity contribution is 14.1. The molecule has 1 aromatic rings. The number of nitrogens with zero attached hydrogens (tertiary/aromatic N) is 1. The van der Waals surface area contributed by atoms with Crippen LogP contribution in [0.2, 0.25) is 0 Å². The van der Waals surface area contributed by atoms with E-state index in [0.717, 1.165) is 22.6 Å². The second-order valence-electron chi connectivity index (χ2n) is 3.05. The highest BCUT2D eigenvalue weighted by atomic mass is 127. The maximum Gasteiger partial charge on any atom is 0.574 e. The molecule has 0 unspecified atom stereocenters. The highest BCUT2D eigenvalue weighted by Crippen LogP contribution is 2.43. The van der Waals surface area contributed by atoms with E-state index in [1.54, 1.807) is 0 Å². The summed E-state index contributed by atoms with van der Waals surface area (Å²) in [5.41, 5.74) is -3.82. The molecule has 0 spiro atoms. The second kappa shape index (κ2) is 5.25. The van der Waals surface area contributed by atoms with Crippen molar-refractivity contribution in [2.24, 2.45) is 0 Å². The van der Waals surface area contributed by atoms with E-state index >= 15 is 0 Å². The van der Waals surface area contributed by atoms with Crippen LogP contribution in [-0.2, 0) is 6.18 Å². The van der Waals surface area contributed by atoms with E-state index in [1.807, 2.05) is 0 Å². The van der Waals surface area contributed by atoms with Crippen LogP contribution in [0.1, 0.15) is 17.6 Å². The van der Waals surface area contributed by atoms with Gasteiger partial charge in [0, 0.05) is 9.77 Å². The van der Waals surface area contributed by atoms with E-state index in [0.29, 0.717) is 6.20 Å². The molecule has 0 fully saturated rings. The fourth-order valence-electron chi connectivity index (χ4n) is 1.16. The zero-order valence-electron chi connectivity index (χ0n) is 8.41. The highest BCUT2D eigenvalue weighted by Gasteiger charge is 2.44. The van der Waals surface area contributed by atoms with Crippen LogP contribution in [0.3, 0.4) is 0 Å². The fourth-order valence-corrected chi connectivity index (χ4v) is 1.80. The number of pyridine rings is 1. The Morgan fingerprint density at radius 1 is 1.11 bits per heavy atom. The minimum atomic E-state index is -5.47. The zero-order chi connectivity index (χ0) is 15.0. The van der Waals surface area contributed by atoms with Crippen molar-refractivity contribution in [1.29, 1.82) is 0 Å². The molecule has 11 heteroatoms. The largest absolute Gasteiger partial charge is 0.574 e. The van der Waals surface area contributed by atoms with Gasteiger partial charge in [0.2, 0.25) is 5.88 Å². The molecular weight excluding hydrogens is 405 g/mol. The molecule has 0 atom stereocenters. The minimum absolute atomic E-state index is 0.443. The maximum absolute atomic E-state index is 12.6. The van der Waals surface area contributed by atoms with Gasteiger partial charge in [-0.2, -0.15) is 13.2 Å². The van der Waals surface area contributed by atoms with Crippen molar-refractivity contribution >= 4 is 22.6 Å². The van der Waals surface area contributed by atoms with E-state index in [2.05, 4.69) is 9.72 Å². The Bertz CT molecular complexity index is 469. The van der Waals surface area contributed by atoms with Crippen LogP contribution in [0.4, 0.5) is 35.1 Å². The summed E-state index contributed by atoms with van der Waals surface area (Å²) in [7, 11) is 0. The van der Waals surface area contributed by atoms with Gasteiger partial charge in [-0.15, -0.1) is 13.2 Å². The summed E-state index contributed by atoms with van der Waals surface area (Å²) in [5.74, 6) is -1.95. The molecule has 1 rings (SSSR count). The average molecular weight is 407 g/mol. The van der Waals surface area contributed by atoms with E-state index < -0.39 is 39.5 Å². The van der Waals surface area contributed by atoms with E-state index in [4.69, 9.17) is 0 Å². The van der Waals surface area contributed by atoms with Crippen LogP contribution in [-0.4, -0.2) is 11.3 Å². The first kappa shape index (κ1) is 16.2. The Morgan fingerprint density at radius 2 is 1.63 bits per heavy atom. The number of rotatable bonds is 2. The van der Waals surface area contributed by atoms with Crippen LogP contribution >= 0.6 is 22.6 Å². The topological polar surface area (TPSA) is 22.1 Å². The molecule has 0 aliphatic heterocycles. The van der Waals surface area contributed by atoms with Crippen molar-refractivity contribution in [3.8, 4) is 5.88 Å². The van der Waals surface area contributed by atoms with Gasteiger partial charge in [0.25, 0.3) is 6.43 Å². The molecule has 0 aromatic carbocycles. The lowest BCUT2D eigenvalue weighted by Gasteiger charge is -2.18. The summed E-state index contributed by atoms with van der Waals surface area (Å²) < 4.78 is 101. The fraction of sp³-hybridized carbons (Fsp3) is 0.375. The first-order valence-corrected chi connectivity index (χ1v) is 5.31. The molecular formula is C8H2F8INO. The molecule has 0 aliphatic rings. The monoisotopic (exact) mass is 407 g/mol. The van der Waals surface area contributed by atoms with E-state index in [1.165, 1.54) is 0 Å². The smallest absolute Gasteiger partial charge is 0.387 e. The number of halogens is 9. The molecule has 0 saturated carbocycles. The summed E-state index contributed by atoms with van der Waals surface area (Å²) in [5, 5.41) is 0. The van der Waals surface area contributed by atoms with Gasteiger partial charge >= 0.3 is 12.5 Å². The Balaban J connectivity index is 3.53. The standard InChI is InChI=1S/C8H2F8INO/c9-5(10)3-2(17)1-18-6(19-8(14,15)16)4(3)7(11,12)13/h1,5H. The van der Waals surface area contributed by atoms with Crippen molar-refractivity contribution in [3.05, 3.63) is 20.9 Å². The number of ether oxygens (including phenoxy) is 1. The minimum Gasteiger partial charge on any atom is -0.387 e. The third-order valence-electron chi connectivity index (χ3n) is 1.75. The van der Waals surface area contributed by atoms with Gasteiger partial charge in [-0.3, -0.25) is 0 Å². The summed E-state index contributed by atoms with van der Waals surface area (Å²) in [4.78, 5) is 2.77. The SMILES string of the molecule is FC(F)c1c(I)cnc(OC(F)(F)F)c1C(F)(F)F. The number of aromatic nitrogens is 1. The molecule has 0 saturated heterocycles. The third kappa shape index (κ3) is 4.04. The van der Waals surface area contributed by atoms with Crippen molar-refractivity contribution in [2.75, 3.05) is 0 Å². The van der Waals surface area contributed by atoms with Gasteiger partial charge in [0.15, 0.2) is 0 Å². The van der Waals surface area contributed by atoms with Crippen molar-refractivity contribution < 1.29 is 39.9 Å². The number of hydrogen-bond donors (Lipinski definition) is 0. The van der Waals surface area contributed by atoms with Crippen LogP contribution in [0.5, 0.6) is 5.88 Å². The summed E-state index contributed by atoms with van der Waals surface area (Å²) >= 11 is 1.12. The van der Waals surface area contributed by atoms with Gasteiger partial charge in [0.05, 0.1) is 5.56 Å². The quantitative estimate of drug-likeness (QED) is 0.531. The Labute approximate surface area is 113 Å². The number of hydrogen-bond acceptors (Lipinski definition) is 2.